The molecule has 146 valence electrons. The van der Waals surface area contributed by atoms with Gasteiger partial charge in [0.2, 0.25) is 5.82 Å². The number of aromatic nitrogens is 3. The Kier molecular flexibility index (Phi) is 6.81. The van der Waals surface area contributed by atoms with E-state index in [4.69, 9.17) is 9.47 Å². The van der Waals surface area contributed by atoms with Crippen LogP contribution >= 0.6 is 0 Å². The molecule has 0 aromatic carbocycles. The Bertz CT molecular complexity index is 617. The first-order valence-corrected chi connectivity index (χ1v) is 9.42. The van der Waals surface area contributed by atoms with Crippen molar-refractivity contribution in [2.24, 2.45) is 5.92 Å². The van der Waals surface area contributed by atoms with E-state index in [-0.39, 0.29) is 17.8 Å². The van der Waals surface area contributed by atoms with Crippen LogP contribution in [0.2, 0.25) is 0 Å². The average molecular weight is 367 g/mol. The predicted molar refractivity (Wildman–Crippen MR) is 95.1 cm³/mol. The molecule has 1 aromatic rings. The number of nitrogens with zero attached hydrogens (tertiary/aromatic N) is 3. The number of likely N-dealkylation sites (tertiary alicyclic amines) is 1. The Morgan fingerprint density at radius 1 is 1.35 bits per heavy atom. The highest BCUT2D eigenvalue weighted by Crippen LogP contribution is 2.21. The van der Waals surface area contributed by atoms with Gasteiger partial charge < -0.3 is 19.3 Å². The Morgan fingerprint density at radius 2 is 2.15 bits per heavy atom. The summed E-state index contributed by atoms with van der Waals surface area (Å²) in [7, 11) is 1.72. The predicted octanol–water partition coefficient (Wildman–Crippen LogP) is 0.0776. The molecule has 1 aromatic heterocycles. The van der Waals surface area contributed by atoms with E-state index < -0.39 is 5.69 Å². The summed E-state index contributed by atoms with van der Waals surface area (Å²) in [6.07, 6.45) is 4.18. The van der Waals surface area contributed by atoms with Crippen LogP contribution in [0.15, 0.2) is 4.79 Å². The van der Waals surface area contributed by atoms with Crippen LogP contribution in [0.4, 0.5) is 0 Å². The number of rotatable bonds is 8. The van der Waals surface area contributed by atoms with Crippen molar-refractivity contribution in [2.75, 3.05) is 53.0 Å². The van der Waals surface area contributed by atoms with Gasteiger partial charge >= 0.3 is 5.69 Å². The van der Waals surface area contributed by atoms with Gasteiger partial charge in [0.05, 0.1) is 12.7 Å². The van der Waals surface area contributed by atoms with E-state index in [9.17, 15) is 9.59 Å². The molecular formula is C17H29N5O4. The van der Waals surface area contributed by atoms with E-state index in [0.717, 1.165) is 58.5 Å². The Morgan fingerprint density at radius 3 is 2.77 bits per heavy atom. The average Bonchev–Trinajstić information content (AvgIpc) is 3.31. The highest BCUT2D eigenvalue weighted by atomic mass is 16.5. The first-order chi connectivity index (χ1) is 12.7. The number of methoxy groups -OCH3 is 1. The fraction of sp³-hybridized carbons (Fsp3) is 0.824. The van der Waals surface area contributed by atoms with Gasteiger partial charge in [0.1, 0.15) is 0 Å². The molecule has 0 aliphatic carbocycles. The summed E-state index contributed by atoms with van der Waals surface area (Å²) in [5.74, 6) is 0.288. The van der Waals surface area contributed by atoms with Crippen LogP contribution in [-0.4, -0.2) is 90.0 Å². The molecule has 0 bridgehead atoms. The summed E-state index contributed by atoms with van der Waals surface area (Å²) in [5.41, 5.74) is -0.461. The molecule has 0 unspecified atom stereocenters. The third kappa shape index (κ3) is 5.15. The number of H-pyrrole nitrogens is 2. The second-order valence-electron chi connectivity index (χ2n) is 7.15. The Balaban J connectivity index is 1.58. The summed E-state index contributed by atoms with van der Waals surface area (Å²) in [5, 5.41) is 6.07. The van der Waals surface area contributed by atoms with Crippen molar-refractivity contribution in [1.29, 1.82) is 0 Å². The van der Waals surface area contributed by atoms with Crippen molar-refractivity contribution in [2.45, 2.75) is 31.8 Å². The van der Waals surface area contributed by atoms with Crippen molar-refractivity contribution in [1.82, 2.24) is 25.0 Å². The molecule has 0 saturated carbocycles. The van der Waals surface area contributed by atoms with Gasteiger partial charge in [-0.1, -0.05) is 0 Å². The van der Waals surface area contributed by atoms with E-state index >= 15 is 0 Å². The summed E-state index contributed by atoms with van der Waals surface area (Å²) >= 11 is 0. The van der Waals surface area contributed by atoms with Crippen LogP contribution in [0.5, 0.6) is 0 Å². The van der Waals surface area contributed by atoms with Crippen LogP contribution < -0.4 is 5.69 Å². The second-order valence-corrected chi connectivity index (χ2v) is 7.15. The lowest BCUT2D eigenvalue weighted by Crippen LogP contribution is -2.44. The van der Waals surface area contributed by atoms with Gasteiger partial charge in [-0.15, -0.1) is 5.10 Å². The number of ether oxygens (including phenoxy) is 2. The second kappa shape index (κ2) is 9.29. The highest BCUT2D eigenvalue weighted by molar-refractivity contribution is 5.90. The molecule has 2 saturated heterocycles. The molecule has 0 radical (unpaired) electrons. The van der Waals surface area contributed by atoms with Crippen molar-refractivity contribution in [3.05, 3.63) is 16.3 Å². The quantitative estimate of drug-likeness (QED) is 0.674. The summed E-state index contributed by atoms with van der Waals surface area (Å²) in [4.78, 5) is 30.8. The highest BCUT2D eigenvalue weighted by Gasteiger charge is 2.29. The number of amides is 1. The van der Waals surface area contributed by atoms with Crippen molar-refractivity contribution < 1.29 is 14.3 Å². The smallest absolute Gasteiger partial charge is 0.341 e. The number of carbonyl (C=O) groups is 1. The number of aromatic amines is 2. The number of hydrogen-bond donors (Lipinski definition) is 2. The monoisotopic (exact) mass is 367 g/mol. The minimum Gasteiger partial charge on any atom is -0.383 e. The number of piperidine rings is 1. The molecule has 1 amide bonds. The SMILES string of the molecule is COCCN1CCC(CN(C[C@H]2CCCO2)C(=O)c2n[nH]c(=O)[nH]2)CC1. The molecule has 1 atom stereocenters. The van der Waals surface area contributed by atoms with Crippen LogP contribution in [0, 0.1) is 5.92 Å². The lowest BCUT2D eigenvalue weighted by molar-refractivity contribution is 0.0428. The van der Waals surface area contributed by atoms with E-state index in [1.54, 1.807) is 12.0 Å². The molecule has 26 heavy (non-hydrogen) atoms. The van der Waals surface area contributed by atoms with Gasteiger partial charge in [0, 0.05) is 33.4 Å². The Labute approximate surface area is 153 Å². The number of nitrogens with one attached hydrogen (secondary N) is 2. The maximum Gasteiger partial charge on any atom is 0.341 e. The fourth-order valence-corrected chi connectivity index (χ4v) is 3.72. The van der Waals surface area contributed by atoms with Gasteiger partial charge in [-0.05, 0) is 44.7 Å². The van der Waals surface area contributed by atoms with Crippen LogP contribution in [0.3, 0.4) is 0 Å². The standard InChI is InChI=1S/C17H29N5O4/c1-25-10-8-21-6-4-13(5-7-21)11-22(12-14-3-2-9-26-14)16(23)15-18-17(24)20-19-15/h13-14H,2-12H2,1H3,(H2,18,19,20,24)/t14-/m1/s1. The maximum atomic E-state index is 12.8. The van der Waals surface area contributed by atoms with Gasteiger partial charge in [-0.25, -0.2) is 9.89 Å². The van der Waals surface area contributed by atoms with E-state index in [1.165, 1.54) is 0 Å². The largest absolute Gasteiger partial charge is 0.383 e. The molecule has 2 fully saturated rings. The van der Waals surface area contributed by atoms with Gasteiger partial charge in [-0.3, -0.25) is 9.78 Å². The van der Waals surface area contributed by atoms with E-state index in [1.807, 2.05) is 0 Å². The zero-order valence-electron chi connectivity index (χ0n) is 15.4. The zero-order valence-corrected chi connectivity index (χ0v) is 15.4. The van der Waals surface area contributed by atoms with Crippen LogP contribution in [-0.2, 0) is 9.47 Å². The number of hydrogen-bond acceptors (Lipinski definition) is 6. The van der Waals surface area contributed by atoms with Gasteiger partial charge in [0.25, 0.3) is 5.91 Å². The lowest BCUT2D eigenvalue weighted by atomic mass is 9.96. The molecule has 2 aliphatic heterocycles. The minimum absolute atomic E-state index is 0.0746. The molecule has 2 aliphatic rings. The molecule has 2 N–H and O–H groups in total. The normalized spacial score (nSPS) is 22.0. The van der Waals surface area contributed by atoms with Crippen molar-refractivity contribution in [3.8, 4) is 0 Å². The lowest BCUT2D eigenvalue weighted by Gasteiger charge is -2.35. The summed E-state index contributed by atoms with van der Waals surface area (Å²) in [6, 6.07) is 0. The molecule has 3 rings (SSSR count). The zero-order chi connectivity index (χ0) is 18.4. The first-order valence-electron chi connectivity index (χ1n) is 9.42. The van der Waals surface area contributed by atoms with Crippen LogP contribution in [0.25, 0.3) is 0 Å². The van der Waals surface area contributed by atoms with Gasteiger partial charge in [-0.2, -0.15) is 0 Å². The molecule has 9 nitrogen and oxygen atoms in total. The topological polar surface area (TPSA) is 104 Å². The third-order valence-electron chi connectivity index (χ3n) is 5.24. The molecular weight excluding hydrogens is 338 g/mol. The molecule has 9 heteroatoms. The molecule has 0 spiro atoms. The number of carbonyl (C=O) groups excluding carboxylic acids is 1. The van der Waals surface area contributed by atoms with E-state index in [0.29, 0.717) is 19.0 Å². The van der Waals surface area contributed by atoms with Crippen molar-refractivity contribution in [3.63, 3.8) is 0 Å². The van der Waals surface area contributed by atoms with Gasteiger partial charge in [0.15, 0.2) is 0 Å². The maximum absolute atomic E-state index is 12.8. The summed E-state index contributed by atoms with van der Waals surface area (Å²) in [6.45, 7) is 5.73. The molecule has 3 heterocycles. The first kappa shape index (κ1) is 19.1. The minimum atomic E-state index is -0.461. The fourth-order valence-electron chi connectivity index (χ4n) is 3.72. The van der Waals surface area contributed by atoms with Crippen LogP contribution in [0.1, 0.15) is 36.3 Å². The Hall–Kier alpha value is -1.71. The van der Waals surface area contributed by atoms with Crippen molar-refractivity contribution >= 4 is 5.91 Å². The van der Waals surface area contributed by atoms with E-state index in [2.05, 4.69) is 20.1 Å². The summed E-state index contributed by atoms with van der Waals surface area (Å²) < 4.78 is 10.9. The third-order valence-corrected chi connectivity index (χ3v) is 5.24.